The Morgan fingerprint density at radius 2 is 1.00 bits per heavy atom. The summed E-state index contributed by atoms with van der Waals surface area (Å²) in [6.45, 7) is 18.3. The number of nitrogens with two attached hydrogens (primary N) is 2. The minimum atomic E-state index is -0.667. The van der Waals surface area contributed by atoms with Crippen molar-refractivity contribution in [1.29, 1.82) is 0 Å². The van der Waals surface area contributed by atoms with E-state index in [1.807, 2.05) is 77.9 Å². The van der Waals surface area contributed by atoms with Crippen molar-refractivity contribution in [2.75, 3.05) is 40.1 Å². The molecule has 0 aromatic heterocycles. The molecule has 3 aromatic rings. The number of nitrogens with one attached hydrogen (secondary N) is 2. The molecule has 13 heteroatoms. The average molecular weight is 810 g/mol. The molecule has 3 aliphatic heterocycles. The van der Waals surface area contributed by atoms with Crippen molar-refractivity contribution in [3.8, 4) is 0 Å². The third-order valence-electron chi connectivity index (χ3n) is 11.2. The highest BCUT2D eigenvalue weighted by molar-refractivity contribution is 6.00. The Kier molecular flexibility index (Phi) is 12.2. The summed E-state index contributed by atoms with van der Waals surface area (Å²) in [5.41, 5.74) is 18.1. The van der Waals surface area contributed by atoms with E-state index in [4.69, 9.17) is 20.9 Å². The van der Waals surface area contributed by atoms with Crippen LogP contribution in [0, 0.1) is 0 Å². The first-order valence-corrected chi connectivity index (χ1v) is 20.9. The molecule has 4 amide bonds. The van der Waals surface area contributed by atoms with Gasteiger partial charge in [-0.2, -0.15) is 0 Å². The summed E-state index contributed by atoms with van der Waals surface area (Å²) >= 11 is 0. The van der Waals surface area contributed by atoms with Crippen LogP contribution >= 0.6 is 0 Å². The number of ether oxygens (including phenoxy) is 2. The molecule has 0 bridgehead atoms. The van der Waals surface area contributed by atoms with Crippen LogP contribution in [0.1, 0.15) is 130 Å². The van der Waals surface area contributed by atoms with Crippen LogP contribution in [-0.4, -0.2) is 70.2 Å². The Bertz CT molecular complexity index is 1930. The molecule has 3 fully saturated rings. The summed E-state index contributed by atoms with van der Waals surface area (Å²) in [4.78, 5) is 58.2. The maximum Gasteiger partial charge on any atom is 0.410 e. The van der Waals surface area contributed by atoms with Crippen LogP contribution in [0.25, 0.3) is 0 Å². The molecule has 318 valence electrons. The molecule has 13 nitrogen and oxygen atoms in total. The molecule has 4 atom stereocenters. The molecule has 3 aromatic carbocycles. The van der Waals surface area contributed by atoms with Gasteiger partial charge >= 0.3 is 12.2 Å². The van der Waals surface area contributed by atoms with Gasteiger partial charge in [-0.15, -0.1) is 0 Å². The molecule has 6 rings (SSSR count). The van der Waals surface area contributed by atoms with Crippen LogP contribution in [0.4, 0.5) is 38.0 Å². The standard InChI is InChI=1S/C46H63N7O6/c1-44(2,3)30-16-18-31(19-17-30)53-36(28-14-20-34(32(47)26-28)49-40(54)38-12-10-24-51(38)42(56)58-45(4,5)6)22-23-37(53)29-15-21-35(33(48)27-29)50-41(55)39-13-11-25-52(39)43(57)59-46(7,8)9/h14-21,26-27,36-39H,10-13,22-25,47-48H2,1-9H3,(H,49,54)(H,50,55)/t36?,37?,38-,39-/m0/s1. The van der Waals surface area contributed by atoms with E-state index in [0.717, 1.165) is 29.7 Å². The minimum absolute atomic E-state index is 0.0172. The molecule has 0 spiro atoms. The number of carbonyl (C=O) groups excluding carboxylic acids is 4. The number of anilines is 5. The van der Waals surface area contributed by atoms with Gasteiger partial charge in [0.25, 0.3) is 0 Å². The molecule has 0 aliphatic carbocycles. The zero-order valence-corrected chi connectivity index (χ0v) is 36.2. The lowest BCUT2D eigenvalue weighted by Crippen LogP contribution is -2.45. The average Bonchev–Trinajstić information content (AvgIpc) is 3.92. The van der Waals surface area contributed by atoms with E-state index in [0.29, 0.717) is 61.5 Å². The van der Waals surface area contributed by atoms with Gasteiger partial charge in [0.2, 0.25) is 11.8 Å². The van der Waals surface area contributed by atoms with Gasteiger partial charge in [0.15, 0.2) is 0 Å². The highest BCUT2D eigenvalue weighted by Crippen LogP contribution is 2.48. The Morgan fingerprint density at radius 3 is 1.36 bits per heavy atom. The van der Waals surface area contributed by atoms with E-state index < -0.39 is 35.5 Å². The van der Waals surface area contributed by atoms with Crippen LogP contribution in [0.3, 0.4) is 0 Å². The van der Waals surface area contributed by atoms with Gasteiger partial charge < -0.3 is 36.5 Å². The second-order valence-electron chi connectivity index (χ2n) is 19.1. The minimum Gasteiger partial charge on any atom is -0.444 e. The van der Waals surface area contributed by atoms with Crippen LogP contribution in [0.5, 0.6) is 0 Å². The van der Waals surface area contributed by atoms with Gasteiger partial charge in [-0.25, -0.2) is 9.59 Å². The molecule has 3 heterocycles. The maximum atomic E-state index is 13.5. The van der Waals surface area contributed by atoms with Crippen LogP contribution in [0.2, 0.25) is 0 Å². The van der Waals surface area contributed by atoms with E-state index in [1.165, 1.54) is 15.4 Å². The molecule has 3 saturated heterocycles. The zero-order chi connectivity index (χ0) is 43.0. The predicted molar refractivity (Wildman–Crippen MR) is 233 cm³/mol. The van der Waals surface area contributed by atoms with Gasteiger partial charge in [-0.1, -0.05) is 45.0 Å². The number of carbonyl (C=O) groups is 4. The van der Waals surface area contributed by atoms with Crippen molar-refractivity contribution in [3.63, 3.8) is 0 Å². The topological polar surface area (TPSA) is 173 Å². The number of nitrogens with zero attached hydrogens (tertiary/aromatic N) is 3. The number of amides is 4. The first kappa shape index (κ1) is 43.1. The maximum absolute atomic E-state index is 13.5. The van der Waals surface area contributed by atoms with Crippen molar-refractivity contribution in [3.05, 3.63) is 77.4 Å². The monoisotopic (exact) mass is 809 g/mol. The molecule has 59 heavy (non-hydrogen) atoms. The van der Waals surface area contributed by atoms with Crippen molar-refractivity contribution in [1.82, 2.24) is 9.80 Å². The number of hydrogen-bond donors (Lipinski definition) is 4. The normalized spacial score (nSPS) is 21.1. The molecule has 6 N–H and O–H groups in total. The van der Waals surface area contributed by atoms with Crippen LogP contribution in [-0.2, 0) is 24.5 Å². The van der Waals surface area contributed by atoms with Gasteiger partial charge in [-0.05, 0) is 139 Å². The summed E-state index contributed by atoms with van der Waals surface area (Å²) < 4.78 is 11.1. The second kappa shape index (κ2) is 16.7. The summed E-state index contributed by atoms with van der Waals surface area (Å²) in [5, 5.41) is 5.96. The lowest BCUT2D eigenvalue weighted by atomic mass is 9.87. The fourth-order valence-corrected chi connectivity index (χ4v) is 8.35. The Balaban J connectivity index is 1.22. The summed E-state index contributed by atoms with van der Waals surface area (Å²) in [6, 6.07) is 18.8. The van der Waals surface area contributed by atoms with E-state index in [-0.39, 0.29) is 29.3 Å². The van der Waals surface area contributed by atoms with E-state index >= 15 is 0 Å². The van der Waals surface area contributed by atoms with E-state index in [2.05, 4.69) is 60.6 Å². The van der Waals surface area contributed by atoms with Gasteiger partial charge in [0, 0.05) is 18.8 Å². The Labute approximate surface area is 349 Å². The predicted octanol–water partition coefficient (Wildman–Crippen LogP) is 8.91. The zero-order valence-electron chi connectivity index (χ0n) is 36.2. The summed E-state index contributed by atoms with van der Waals surface area (Å²) in [6.07, 6.45) is 3.15. The molecule has 3 aliphatic rings. The summed E-state index contributed by atoms with van der Waals surface area (Å²) in [7, 11) is 0. The summed E-state index contributed by atoms with van der Waals surface area (Å²) in [5.74, 6) is -0.592. The van der Waals surface area contributed by atoms with Crippen molar-refractivity contribution >= 4 is 52.4 Å². The highest BCUT2D eigenvalue weighted by atomic mass is 16.6. The highest BCUT2D eigenvalue weighted by Gasteiger charge is 2.40. The fourth-order valence-electron chi connectivity index (χ4n) is 8.35. The number of likely N-dealkylation sites (tertiary alicyclic amines) is 2. The van der Waals surface area contributed by atoms with Crippen molar-refractivity contribution in [2.45, 2.75) is 142 Å². The van der Waals surface area contributed by atoms with E-state index in [9.17, 15) is 19.2 Å². The molecular weight excluding hydrogens is 747 g/mol. The largest absolute Gasteiger partial charge is 0.444 e. The SMILES string of the molecule is CC(C)(C)OC(=O)N1CCC[C@H]1C(=O)Nc1ccc(C2CCC(c3ccc(NC(=O)[C@@H]4CCCN4C(=O)OC(C)(C)C)c(N)c3)N2c2ccc(C(C)(C)C)cc2)cc1N. The lowest BCUT2D eigenvalue weighted by molar-refractivity contribution is -0.121. The first-order valence-electron chi connectivity index (χ1n) is 20.9. The first-order chi connectivity index (χ1) is 27.6. The number of rotatable bonds is 7. The lowest BCUT2D eigenvalue weighted by Gasteiger charge is -2.34. The van der Waals surface area contributed by atoms with Crippen LogP contribution < -0.4 is 27.0 Å². The molecule has 0 saturated carbocycles. The Hall–Kier alpha value is -5.46. The number of benzene rings is 3. The van der Waals surface area contributed by atoms with Gasteiger partial charge in [0.1, 0.15) is 23.3 Å². The van der Waals surface area contributed by atoms with Crippen LogP contribution in [0.15, 0.2) is 60.7 Å². The van der Waals surface area contributed by atoms with Crippen molar-refractivity contribution in [2.24, 2.45) is 0 Å². The van der Waals surface area contributed by atoms with Crippen molar-refractivity contribution < 1.29 is 28.7 Å². The van der Waals surface area contributed by atoms with E-state index in [1.54, 1.807) is 0 Å². The van der Waals surface area contributed by atoms with Gasteiger partial charge in [0.05, 0.1) is 34.8 Å². The fraction of sp³-hybridized carbons (Fsp3) is 0.522. The quantitative estimate of drug-likeness (QED) is 0.170. The smallest absolute Gasteiger partial charge is 0.410 e. The third-order valence-corrected chi connectivity index (χ3v) is 11.2. The third kappa shape index (κ3) is 10.1. The molecule has 0 radical (unpaired) electrons. The van der Waals surface area contributed by atoms with Gasteiger partial charge in [-0.3, -0.25) is 19.4 Å². The Morgan fingerprint density at radius 1 is 0.593 bits per heavy atom. The molecular formula is C46H63N7O6. The number of hydrogen-bond acceptors (Lipinski definition) is 9. The second-order valence-corrected chi connectivity index (χ2v) is 19.1. The molecule has 2 unspecified atom stereocenters. The number of nitrogen functional groups attached to an aromatic ring is 2.